The number of hydrogen-bond acceptors (Lipinski definition) is 25. The number of rotatable bonds is 63. The van der Waals surface area contributed by atoms with Gasteiger partial charge in [-0.2, -0.15) is 0 Å². The van der Waals surface area contributed by atoms with E-state index in [1.807, 2.05) is 53.2 Å². The molecule has 0 bridgehead atoms. The van der Waals surface area contributed by atoms with E-state index in [2.05, 4.69) is 93.3 Å². The number of primary amides is 1. The highest BCUT2D eigenvalue weighted by molar-refractivity contribution is 6.02. The number of anilines is 2. The fraction of sp³-hybridized carbons (Fsp3) is 0.636. The van der Waals surface area contributed by atoms with Crippen molar-refractivity contribution < 1.29 is 99.8 Å². The van der Waals surface area contributed by atoms with Crippen LogP contribution in [0.25, 0.3) is 22.5 Å². The van der Waals surface area contributed by atoms with Crippen molar-refractivity contribution in [2.45, 2.75) is 175 Å². The third-order valence-corrected chi connectivity index (χ3v) is 20.3. The summed E-state index contributed by atoms with van der Waals surface area (Å²) in [7, 11) is 6.22. The fourth-order valence-corrected chi connectivity index (χ4v) is 13.5. The molecule has 690 valence electrons. The first kappa shape index (κ1) is 103. The number of nitrogens with zero attached hydrogens (tertiary/aromatic N) is 5. The van der Waals surface area contributed by atoms with Crippen LogP contribution in [0, 0.1) is 17.8 Å². The van der Waals surface area contributed by atoms with Gasteiger partial charge in [-0.05, 0) is 100 Å². The van der Waals surface area contributed by atoms with E-state index in [9.17, 15) is 47.9 Å². The minimum Gasteiger partial charge on any atom is -0.461 e. The summed E-state index contributed by atoms with van der Waals surface area (Å²) in [6.07, 6.45) is 4.80. The average molecular weight is 1740 g/mol. The summed E-state index contributed by atoms with van der Waals surface area (Å²) in [4.78, 5) is 134. The zero-order valence-corrected chi connectivity index (χ0v) is 74.3. The van der Waals surface area contributed by atoms with E-state index in [0.29, 0.717) is 139 Å². The Kier molecular flexibility index (Phi) is 48.7. The summed E-state index contributed by atoms with van der Waals surface area (Å²) in [5.74, 6) is 1.17. The lowest BCUT2D eigenvalue weighted by Crippen LogP contribution is -2.53. The lowest BCUT2D eigenvalue weighted by molar-refractivity contribution is -0.869. The molecule has 4 atom stereocenters. The van der Waals surface area contributed by atoms with Crippen LogP contribution in [0.15, 0.2) is 84.2 Å². The van der Waals surface area contributed by atoms with Crippen molar-refractivity contribution in [3.05, 3.63) is 95.3 Å². The standard InChI is InChI=1S/C88H138N16O20/c1-62(2)81(74(105)58-66(21-19-37-95-88(89)114)85(111)96-68-30-28-65(29-31-68)60-124-87(113)63(3)4)98-86(112)72(25-17-18-36-92-79(109)61-123-75-27-12-10-11-24-71(83(75)99-90)91-39-44-117-48-52-121-56-54-119-50-46-115-42-34-77(107)93-38-41-104(7,8)9)97-78(108)35-43-116-47-51-120-55-57-122-53-49-118-45-40-94-76(106)32-33-80(110)102-59-67-20-13-14-22-69(67)84-82(100-101-103(84)64(5)6)70-23-15-16-26-73(70)102/h13-16,20,22-23,26,28-31,62-64,66,72,75,81H,10-12,17-19,21,24-25,27,32-61H2,1-9H3,(H12-,89,90,91,92,93,94,95,96,97,98,99,100,101,106,107,108,109,111,112,114)/p+1/t66-,72-,75?,81+/m1/s1. The monoisotopic (exact) mass is 1740 g/mol. The predicted octanol–water partition coefficient (Wildman–Crippen LogP) is 5.56. The van der Waals surface area contributed by atoms with Gasteiger partial charge in [0.1, 0.15) is 31.1 Å². The lowest BCUT2D eigenvalue weighted by atomic mass is 9.89. The quantitative estimate of drug-likeness (QED) is 0.00847. The molecule has 4 aromatic rings. The van der Waals surface area contributed by atoms with Crippen LogP contribution in [0.3, 0.4) is 0 Å². The van der Waals surface area contributed by atoms with Gasteiger partial charge in [-0.25, -0.2) is 9.48 Å². The highest BCUT2D eigenvalue weighted by Gasteiger charge is 2.34. The molecule has 0 saturated carbocycles. The molecule has 6 rings (SSSR count). The Morgan fingerprint density at radius 1 is 0.565 bits per heavy atom. The number of allylic oxidation sites excluding steroid dienone is 1. The molecule has 13 N–H and O–H groups in total. The first-order valence-corrected chi connectivity index (χ1v) is 43.7. The Bertz CT molecular complexity index is 3930. The number of benzene rings is 3. The molecule has 1 unspecified atom stereocenters. The van der Waals surface area contributed by atoms with Crippen molar-refractivity contribution >= 4 is 70.5 Å². The summed E-state index contributed by atoms with van der Waals surface area (Å²) in [6.45, 7) is 18.4. The Morgan fingerprint density at radius 3 is 1.77 bits per heavy atom. The summed E-state index contributed by atoms with van der Waals surface area (Å²) in [5, 5.41) is 32.3. The number of amides is 9. The molecular weight excluding hydrogens is 1600 g/mol. The molecule has 1 aromatic heterocycles. The smallest absolute Gasteiger partial charge is 0.312 e. The number of carbonyl (C=O) groups excluding carboxylic acids is 10. The molecule has 0 spiro atoms. The van der Waals surface area contributed by atoms with E-state index in [0.717, 1.165) is 58.4 Å². The molecule has 36 heteroatoms. The van der Waals surface area contributed by atoms with E-state index in [1.54, 1.807) is 56.9 Å². The lowest BCUT2D eigenvalue weighted by Gasteiger charge is -2.28. The highest BCUT2D eigenvalue weighted by Crippen LogP contribution is 2.42. The number of esters is 1. The number of likely N-dealkylation sites (N-methyl/N-ethyl adjacent to an activating group) is 1. The molecule has 0 saturated heterocycles. The number of carbonyl (C=O) groups is 10. The molecule has 3 aromatic carbocycles. The Hall–Kier alpha value is -9.60. The second kappa shape index (κ2) is 58.6. The van der Waals surface area contributed by atoms with Crippen LogP contribution in [0.1, 0.15) is 155 Å². The Morgan fingerprint density at radius 2 is 1.15 bits per heavy atom. The molecule has 36 nitrogen and oxygen atoms in total. The van der Waals surface area contributed by atoms with Gasteiger partial charge < -0.3 is 110 Å². The molecule has 9 amide bonds. The van der Waals surface area contributed by atoms with Crippen molar-refractivity contribution in [3.63, 3.8) is 0 Å². The summed E-state index contributed by atoms with van der Waals surface area (Å²) in [5.41, 5.74) is 15.8. The van der Waals surface area contributed by atoms with Crippen LogP contribution in [-0.4, -0.2) is 270 Å². The number of nitrogens with two attached hydrogens (primary N) is 2. The van der Waals surface area contributed by atoms with Gasteiger partial charge in [0.05, 0.1) is 176 Å². The van der Waals surface area contributed by atoms with E-state index in [1.165, 1.54) is 0 Å². The summed E-state index contributed by atoms with van der Waals surface area (Å²) < 4.78 is 59.5. The third-order valence-electron chi connectivity index (χ3n) is 20.3. The number of nitrogens with one attached hydrogen (secondary N) is 9. The van der Waals surface area contributed by atoms with Crippen LogP contribution in [-0.2, 0) is 104 Å². The van der Waals surface area contributed by atoms with Gasteiger partial charge >= 0.3 is 12.0 Å². The van der Waals surface area contributed by atoms with Gasteiger partial charge in [0, 0.05) is 92.8 Å². The molecule has 124 heavy (non-hydrogen) atoms. The van der Waals surface area contributed by atoms with Crippen LogP contribution >= 0.6 is 0 Å². The van der Waals surface area contributed by atoms with Crippen LogP contribution in [0.5, 0.6) is 0 Å². The number of hydrazine groups is 1. The number of unbranched alkanes of at least 4 members (excludes halogenated alkanes) is 1. The maximum absolute atomic E-state index is 14.5. The van der Waals surface area contributed by atoms with Crippen molar-refractivity contribution in [1.82, 2.24) is 57.6 Å². The molecular formula is C88H139N16O20+. The first-order chi connectivity index (χ1) is 59.7. The SMILES string of the molecule is CC(C)C(=O)OCc1ccc(NC(=O)[C@H](CCCNC(N)=O)CC(=O)[C@@H](NC(=O)[C@@H](CCCCNC(=O)COC2CCCCCC(NCCOCCOCCOCCOCCC(=O)NCC[N+](C)(C)C)=C2NN)NC(=O)CCOCCOCCOCCOCCNC(=O)CCC(=O)N2Cc3ccccc3-c3c(nnn3C(C)C)-c3ccccc32)C(C)C)cc1. The number of fused-ring (bicyclic) bond motifs is 5. The number of urea groups is 1. The van der Waals surface area contributed by atoms with Crippen LogP contribution in [0.2, 0.25) is 0 Å². The zero-order chi connectivity index (χ0) is 89.9. The first-order valence-electron chi connectivity index (χ1n) is 43.7. The molecule has 0 radical (unpaired) electrons. The van der Waals surface area contributed by atoms with Gasteiger partial charge in [0.2, 0.25) is 41.4 Å². The maximum Gasteiger partial charge on any atom is 0.312 e. The summed E-state index contributed by atoms with van der Waals surface area (Å²) in [6, 6.07) is 19.4. The maximum atomic E-state index is 14.5. The third kappa shape index (κ3) is 40.1. The van der Waals surface area contributed by atoms with Gasteiger partial charge in [0.15, 0.2) is 5.78 Å². The average Bonchev–Trinajstić information content (AvgIpc) is 1.55. The Labute approximate surface area is 730 Å². The largest absolute Gasteiger partial charge is 0.461 e. The van der Waals surface area contributed by atoms with E-state index in [4.69, 9.17) is 58.9 Å². The van der Waals surface area contributed by atoms with E-state index < -0.39 is 59.6 Å². The van der Waals surface area contributed by atoms with E-state index >= 15 is 0 Å². The number of ether oxygens (including phenoxy) is 10. The summed E-state index contributed by atoms with van der Waals surface area (Å²) >= 11 is 0. The number of para-hydroxylation sites is 1. The minimum atomic E-state index is -1.13. The number of hydrogen-bond donors (Lipinski definition) is 11. The molecule has 1 aliphatic heterocycles. The molecule has 2 heterocycles. The number of ketones is 1. The molecule has 2 aliphatic rings. The fourth-order valence-electron chi connectivity index (χ4n) is 13.5. The number of Topliss-reactive ketones (excluding diaryl/α,β-unsaturated/α-hetero) is 1. The Balaban J connectivity index is 0.912. The topological polar surface area (TPSA) is 457 Å². The van der Waals surface area contributed by atoms with Crippen LogP contribution < -0.4 is 64.4 Å². The van der Waals surface area contributed by atoms with Gasteiger partial charge in [-0.3, -0.25) is 49.0 Å². The van der Waals surface area contributed by atoms with E-state index in [-0.39, 0.29) is 166 Å². The molecule has 1 aliphatic carbocycles. The van der Waals surface area contributed by atoms with Gasteiger partial charge in [0.25, 0.3) is 0 Å². The van der Waals surface area contributed by atoms with Crippen LogP contribution in [0.4, 0.5) is 16.2 Å². The van der Waals surface area contributed by atoms with Crippen molar-refractivity contribution in [1.29, 1.82) is 0 Å². The normalized spacial score (nSPS) is 14.1. The minimum absolute atomic E-state index is 0.00687. The van der Waals surface area contributed by atoms with Crippen molar-refractivity contribution in [2.75, 3.05) is 183 Å². The highest BCUT2D eigenvalue weighted by atomic mass is 16.6. The van der Waals surface area contributed by atoms with Gasteiger partial charge in [-0.1, -0.05) is 100 Å². The van der Waals surface area contributed by atoms with Gasteiger partial charge in [-0.15, -0.1) is 5.10 Å². The number of quaternary nitrogens is 1. The number of aromatic nitrogens is 3. The van der Waals surface area contributed by atoms with Crippen molar-refractivity contribution in [3.8, 4) is 22.5 Å². The molecule has 0 fully saturated rings. The second-order valence-corrected chi connectivity index (χ2v) is 32.4. The predicted molar refractivity (Wildman–Crippen MR) is 467 cm³/mol. The van der Waals surface area contributed by atoms with Crippen molar-refractivity contribution in [2.24, 2.45) is 29.3 Å². The second-order valence-electron chi connectivity index (χ2n) is 32.4. The zero-order valence-electron chi connectivity index (χ0n) is 74.3.